The maximum absolute atomic E-state index is 13.4. The number of halogens is 1. The second-order valence-corrected chi connectivity index (χ2v) is 5.25. The highest BCUT2D eigenvalue weighted by atomic mass is 19.1. The van der Waals surface area contributed by atoms with E-state index in [2.05, 4.69) is 5.32 Å². The maximum Gasteiger partial charge on any atom is 0.341 e. The molecule has 0 atom stereocenters. The largest absolute Gasteiger partial charge is 0.452 e. The molecule has 0 radical (unpaired) electrons. The Morgan fingerprint density at radius 1 is 1.09 bits per heavy atom. The fourth-order valence-electron chi connectivity index (χ4n) is 2.00. The van der Waals surface area contributed by atoms with Gasteiger partial charge in [-0.25, -0.2) is 9.18 Å². The van der Waals surface area contributed by atoms with Gasteiger partial charge in [0.1, 0.15) is 5.82 Å². The van der Waals surface area contributed by atoms with Crippen LogP contribution in [0.4, 0.5) is 4.39 Å². The number of amides is 1. The highest BCUT2D eigenvalue weighted by Gasteiger charge is 2.13. The van der Waals surface area contributed by atoms with Crippen molar-refractivity contribution in [2.24, 2.45) is 0 Å². The lowest BCUT2D eigenvalue weighted by Crippen LogP contribution is -2.28. The number of hydrogen-bond donors (Lipinski definition) is 1. The number of ether oxygens (including phenoxy) is 1. The molecule has 0 spiro atoms. The number of aryl methyl sites for hydroxylation is 2. The second-order valence-electron chi connectivity index (χ2n) is 5.25. The van der Waals surface area contributed by atoms with Crippen molar-refractivity contribution in [3.63, 3.8) is 0 Å². The third-order valence-corrected chi connectivity index (χ3v) is 3.49. The summed E-state index contributed by atoms with van der Waals surface area (Å²) >= 11 is 0. The smallest absolute Gasteiger partial charge is 0.341 e. The summed E-state index contributed by atoms with van der Waals surface area (Å²) in [6, 6.07) is 11.4. The Hall–Kier alpha value is -2.69. The van der Waals surface area contributed by atoms with Crippen molar-refractivity contribution in [2.45, 2.75) is 20.4 Å². The van der Waals surface area contributed by atoms with E-state index in [4.69, 9.17) is 4.74 Å². The van der Waals surface area contributed by atoms with Crippen LogP contribution >= 0.6 is 0 Å². The van der Waals surface area contributed by atoms with Crippen molar-refractivity contribution in [3.05, 3.63) is 70.5 Å². The zero-order valence-corrected chi connectivity index (χ0v) is 13.1. The molecule has 0 aromatic heterocycles. The highest BCUT2D eigenvalue weighted by Crippen LogP contribution is 2.10. The molecular formula is C18H18FNO3. The Kier molecular flexibility index (Phi) is 5.46. The molecule has 23 heavy (non-hydrogen) atoms. The Morgan fingerprint density at radius 2 is 1.83 bits per heavy atom. The van der Waals surface area contributed by atoms with Gasteiger partial charge in [-0.05, 0) is 42.7 Å². The minimum Gasteiger partial charge on any atom is -0.452 e. The fraction of sp³-hybridized carbons (Fsp3) is 0.222. The van der Waals surface area contributed by atoms with Crippen molar-refractivity contribution in [2.75, 3.05) is 6.61 Å². The van der Waals surface area contributed by atoms with Gasteiger partial charge < -0.3 is 10.1 Å². The first-order valence-corrected chi connectivity index (χ1v) is 7.22. The van der Waals surface area contributed by atoms with Gasteiger partial charge in [0, 0.05) is 6.54 Å². The molecule has 1 amide bonds. The number of carbonyl (C=O) groups is 2. The monoisotopic (exact) mass is 315 g/mol. The molecule has 4 nitrogen and oxygen atoms in total. The minimum absolute atomic E-state index is 0.186. The normalized spacial score (nSPS) is 10.2. The quantitative estimate of drug-likeness (QED) is 0.863. The second kappa shape index (κ2) is 7.54. The van der Waals surface area contributed by atoms with Gasteiger partial charge in [-0.3, -0.25) is 4.79 Å². The Bertz CT molecular complexity index is 728. The van der Waals surface area contributed by atoms with Gasteiger partial charge >= 0.3 is 5.97 Å². The lowest BCUT2D eigenvalue weighted by molar-refractivity contribution is -0.124. The number of hydrogen-bond acceptors (Lipinski definition) is 3. The zero-order chi connectivity index (χ0) is 16.8. The molecule has 0 bridgehead atoms. The summed E-state index contributed by atoms with van der Waals surface area (Å²) in [5.74, 6) is -1.97. The van der Waals surface area contributed by atoms with Crippen LogP contribution in [0, 0.1) is 19.7 Å². The van der Waals surface area contributed by atoms with E-state index in [1.54, 1.807) is 0 Å². The van der Waals surface area contributed by atoms with E-state index < -0.39 is 24.3 Å². The third-order valence-electron chi connectivity index (χ3n) is 3.49. The van der Waals surface area contributed by atoms with Crippen LogP contribution in [-0.2, 0) is 16.1 Å². The Balaban J connectivity index is 1.82. The van der Waals surface area contributed by atoms with Crippen LogP contribution in [0.15, 0.2) is 42.5 Å². The van der Waals surface area contributed by atoms with E-state index in [0.29, 0.717) is 6.54 Å². The molecule has 2 aromatic rings. The van der Waals surface area contributed by atoms with Crippen molar-refractivity contribution in [1.29, 1.82) is 0 Å². The zero-order valence-electron chi connectivity index (χ0n) is 13.1. The van der Waals surface area contributed by atoms with Gasteiger partial charge in [0.15, 0.2) is 6.61 Å². The first-order valence-electron chi connectivity index (χ1n) is 7.22. The topological polar surface area (TPSA) is 55.4 Å². The molecule has 0 saturated carbocycles. The van der Waals surface area contributed by atoms with E-state index in [1.165, 1.54) is 23.8 Å². The van der Waals surface area contributed by atoms with E-state index in [1.807, 2.05) is 32.0 Å². The Morgan fingerprint density at radius 3 is 2.52 bits per heavy atom. The summed E-state index contributed by atoms with van der Waals surface area (Å²) in [5.41, 5.74) is 3.10. The van der Waals surface area contributed by atoms with E-state index in [-0.39, 0.29) is 5.56 Å². The summed E-state index contributed by atoms with van der Waals surface area (Å²) < 4.78 is 18.2. The van der Waals surface area contributed by atoms with E-state index in [9.17, 15) is 14.0 Å². The van der Waals surface area contributed by atoms with E-state index >= 15 is 0 Å². The van der Waals surface area contributed by atoms with Crippen LogP contribution in [0.5, 0.6) is 0 Å². The summed E-state index contributed by atoms with van der Waals surface area (Å²) in [5, 5.41) is 2.66. The van der Waals surface area contributed by atoms with Crippen molar-refractivity contribution in [1.82, 2.24) is 5.32 Å². The number of nitrogens with one attached hydrogen (secondary N) is 1. The predicted octanol–water partition coefficient (Wildman–Crippen LogP) is 2.92. The maximum atomic E-state index is 13.4. The fourth-order valence-corrected chi connectivity index (χ4v) is 2.00. The molecule has 0 fully saturated rings. The average Bonchev–Trinajstić information content (AvgIpc) is 2.54. The van der Waals surface area contributed by atoms with Crippen LogP contribution in [0.3, 0.4) is 0 Å². The van der Waals surface area contributed by atoms with Gasteiger partial charge in [0.2, 0.25) is 0 Å². The molecular weight excluding hydrogens is 297 g/mol. The van der Waals surface area contributed by atoms with Crippen LogP contribution in [0.25, 0.3) is 0 Å². The molecule has 2 rings (SSSR count). The number of rotatable bonds is 5. The molecule has 0 aliphatic rings. The van der Waals surface area contributed by atoms with Crippen LogP contribution < -0.4 is 5.32 Å². The molecule has 1 N–H and O–H groups in total. The molecule has 2 aromatic carbocycles. The van der Waals surface area contributed by atoms with Crippen LogP contribution in [0.1, 0.15) is 27.0 Å². The molecule has 0 aliphatic heterocycles. The molecule has 0 unspecified atom stereocenters. The molecule has 0 aliphatic carbocycles. The van der Waals surface area contributed by atoms with Gasteiger partial charge in [0.05, 0.1) is 5.56 Å². The standard InChI is InChI=1S/C18H18FNO3/c1-12-7-8-14(9-13(12)2)10-20-17(21)11-23-18(22)15-5-3-4-6-16(15)19/h3-9H,10-11H2,1-2H3,(H,20,21). The van der Waals surface area contributed by atoms with Crippen LogP contribution in [0.2, 0.25) is 0 Å². The summed E-state index contributed by atoms with van der Waals surface area (Å²) in [6.45, 7) is 3.91. The minimum atomic E-state index is -0.857. The van der Waals surface area contributed by atoms with Gasteiger partial charge in [-0.15, -0.1) is 0 Å². The molecule has 0 saturated heterocycles. The SMILES string of the molecule is Cc1ccc(CNC(=O)COC(=O)c2ccccc2F)cc1C. The number of benzene rings is 2. The molecule has 0 heterocycles. The van der Waals surface area contributed by atoms with Crippen molar-refractivity contribution < 1.29 is 18.7 Å². The number of esters is 1. The van der Waals surface area contributed by atoms with Gasteiger partial charge in [-0.1, -0.05) is 30.3 Å². The predicted molar refractivity (Wildman–Crippen MR) is 84.4 cm³/mol. The third kappa shape index (κ3) is 4.64. The molecule has 120 valence electrons. The van der Waals surface area contributed by atoms with Crippen molar-refractivity contribution >= 4 is 11.9 Å². The average molecular weight is 315 g/mol. The summed E-state index contributed by atoms with van der Waals surface area (Å²) in [4.78, 5) is 23.4. The van der Waals surface area contributed by atoms with E-state index in [0.717, 1.165) is 17.2 Å². The van der Waals surface area contributed by atoms with Gasteiger partial charge in [0.25, 0.3) is 5.91 Å². The summed E-state index contributed by atoms with van der Waals surface area (Å²) in [6.07, 6.45) is 0. The first-order chi connectivity index (χ1) is 11.0. The number of carbonyl (C=O) groups excluding carboxylic acids is 2. The van der Waals surface area contributed by atoms with Gasteiger partial charge in [-0.2, -0.15) is 0 Å². The lowest BCUT2D eigenvalue weighted by atomic mass is 10.1. The van der Waals surface area contributed by atoms with Crippen LogP contribution in [-0.4, -0.2) is 18.5 Å². The highest BCUT2D eigenvalue weighted by molar-refractivity contribution is 5.91. The molecule has 5 heteroatoms. The Labute approximate surface area is 134 Å². The van der Waals surface area contributed by atoms with Crippen molar-refractivity contribution in [3.8, 4) is 0 Å². The lowest BCUT2D eigenvalue weighted by Gasteiger charge is -2.08. The first kappa shape index (κ1) is 16.7. The summed E-state index contributed by atoms with van der Waals surface area (Å²) in [7, 11) is 0.